The van der Waals surface area contributed by atoms with E-state index < -0.39 is 0 Å². The Hall–Kier alpha value is -2.09. The molecule has 0 fully saturated rings. The van der Waals surface area contributed by atoms with Crippen molar-refractivity contribution in [2.24, 2.45) is 0 Å². The van der Waals surface area contributed by atoms with Gasteiger partial charge >= 0.3 is 0 Å². The molecular formula is C18H23ClN3O3S+. The van der Waals surface area contributed by atoms with Crippen LogP contribution in [0.15, 0.2) is 36.4 Å². The van der Waals surface area contributed by atoms with Gasteiger partial charge in [0.15, 0.2) is 6.54 Å². The summed E-state index contributed by atoms with van der Waals surface area (Å²) in [5.74, 6) is 0.314. The van der Waals surface area contributed by atoms with Crippen molar-refractivity contribution in [1.29, 1.82) is 0 Å². The van der Waals surface area contributed by atoms with E-state index in [1.807, 2.05) is 19.2 Å². The maximum Gasteiger partial charge on any atom is 0.277 e. The number of thiophene rings is 1. The molecule has 0 aliphatic rings. The molecule has 0 spiro atoms. The van der Waals surface area contributed by atoms with Crippen LogP contribution in [0.1, 0.15) is 4.88 Å². The lowest BCUT2D eigenvalue weighted by Crippen LogP contribution is -3.08. The van der Waals surface area contributed by atoms with Crippen molar-refractivity contribution in [3.05, 3.63) is 45.6 Å². The van der Waals surface area contributed by atoms with E-state index in [0.717, 1.165) is 14.1 Å². The molecule has 1 atom stereocenters. The molecule has 8 heteroatoms. The molecular weight excluding hydrogens is 374 g/mol. The Morgan fingerprint density at radius 2 is 2.08 bits per heavy atom. The van der Waals surface area contributed by atoms with Gasteiger partial charge in [0.05, 0.1) is 29.9 Å². The van der Waals surface area contributed by atoms with Gasteiger partial charge in [-0.2, -0.15) is 0 Å². The van der Waals surface area contributed by atoms with Gasteiger partial charge in [0.2, 0.25) is 5.91 Å². The van der Waals surface area contributed by atoms with E-state index in [2.05, 4.69) is 5.32 Å². The number of nitrogens with one attached hydrogen (secondary N) is 2. The summed E-state index contributed by atoms with van der Waals surface area (Å²) in [6.07, 6.45) is 0. The second-order valence-corrected chi connectivity index (χ2v) is 7.85. The highest BCUT2D eigenvalue weighted by Gasteiger charge is 2.18. The number of halogens is 1. The van der Waals surface area contributed by atoms with E-state index in [4.69, 9.17) is 16.3 Å². The molecule has 0 saturated carbocycles. The van der Waals surface area contributed by atoms with Crippen LogP contribution in [-0.2, 0) is 16.1 Å². The first-order valence-corrected chi connectivity index (χ1v) is 9.30. The zero-order valence-electron chi connectivity index (χ0n) is 15.0. The molecule has 6 nitrogen and oxygen atoms in total. The summed E-state index contributed by atoms with van der Waals surface area (Å²) in [4.78, 5) is 28.1. The lowest BCUT2D eigenvalue weighted by atomic mass is 10.3. The van der Waals surface area contributed by atoms with Gasteiger partial charge in [0.25, 0.3) is 5.91 Å². The van der Waals surface area contributed by atoms with Crippen LogP contribution < -0.4 is 15.0 Å². The molecule has 0 aliphatic heterocycles. The number of anilines is 1. The lowest BCUT2D eigenvalue weighted by molar-refractivity contribution is -0.885. The number of ether oxygens (including phenoxy) is 1. The van der Waals surface area contributed by atoms with Crippen LogP contribution in [0.5, 0.6) is 5.75 Å². The summed E-state index contributed by atoms with van der Waals surface area (Å²) in [5.41, 5.74) is 0.632. The highest BCUT2D eigenvalue weighted by atomic mass is 35.5. The topological polar surface area (TPSA) is 63.1 Å². The molecule has 2 rings (SSSR count). The standard InChI is InChI=1S/C18H22ClN3O3S/c1-21(10-15-7-8-16(19)26-15)12-18(24)22(2)11-17(23)20-13-5-4-6-14(9-13)25-3/h4-9H,10-12H2,1-3H3,(H,20,23)/p+1. The number of benzene rings is 1. The normalized spacial score (nSPS) is 11.7. The van der Waals surface area contributed by atoms with Crippen molar-refractivity contribution in [1.82, 2.24) is 4.90 Å². The number of carbonyl (C=O) groups excluding carboxylic acids is 2. The van der Waals surface area contributed by atoms with Crippen LogP contribution in [0.25, 0.3) is 0 Å². The zero-order valence-corrected chi connectivity index (χ0v) is 16.6. The number of carbonyl (C=O) groups is 2. The average molecular weight is 397 g/mol. The van der Waals surface area contributed by atoms with E-state index in [0.29, 0.717) is 24.5 Å². The fourth-order valence-corrected chi connectivity index (χ4v) is 3.61. The van der Waals surface area contributed by atoms with Gasteiger partial charge < -0.3 is 19.9 Å². The smallest absolute Gasteiger partial charge is 0.277 e. The molecule has 1 aromatic carbocycles. The van der Waals surface area contributed by atoms with Gasteiger partial charge in [-0.15, -0.1) is 11.3 Å². The Labute approximate surface area is 162 Å². The van der Waals surface area contributed by atoms with E-state index in [9.17, 15) is 9.59 Å². The molecule has 26 heavy (non-hydrogen) atoms. The summed E-state index contributed by atoms with van der Waals surface area (Å²) in [6.45, 7) is 1.01. The number of methoxy groups -OCH3 is 1. The minimum atomic E-state index is -0.253. The third-order valence-electron chi connectivity index (χ3n) is 3.72. The van der Waals surface area contributed by atoms with Crippen LogP contribution in [0, 0.1) is 0 Å². The van der Waals surface area contributed by atoms with Crippen molar-refractivity contribution in [2.45, 2.75) is 6.54 Å². The maximum atomic E-state index is 12.3. The van der Waals surface area contributed by atoms with E-state index in [-0.39, 0.29) is 18.4 Å². The van der Waals surface area contributed by atoms with Crippen molar-refractivity contribution in [2.75, 3.05) is 39.6 Å². The predicted molar refractivity (Wildman–Crippen MR) is 104 cm³/mol. The monoisotopic (exact) mass is 396 g/mol. The van der Waals surface area contributed by atoms with Gasteiger partial charge in [-0.05, 0) is 24.3 Å². The molecule has 0 aliphatic carbocycles. The van der Waals surface area contributed by atoms with Crippen molar-refractivity contribution < 1.29 is 19.2 Å². The van der Waals surface area contributed by atoms with Gasteiger partial charge in [0.1, 0.15) is 12.3 Å². The number of nitrogens with zero attached hydrogens (tertiary/aromatic N) is 1. The van der Waals surface area contributed by atoms with E-state index in [1.54, 1.807) is 38.4 Å². The molecule has 1 unspecified atom stereocenters. The molecule has 0 radical (unpaired) electrons. The minimum absolute atomic E-state index is 0.00580. The van der Waals surface area contributed by atoms with Crippen LogP contribution in [0.3, 0.4) is 0 Å². The fraction of sp³-hybridized carbons (Fsp3) is 0.333. The molecule has 0 bridgehead atoms. The molecule has 2 N–H and O–H groups in total. The predicted octanol–water partition coefficient (Wildman–Crippen LogP) is 1.52. The van der Waals surface area contributed by atoms with Crippen LogP contribution >= 0.6 is 22.9 Å². The third-order valence-corrected chi connectivity index (χ3v) is 4.95. The Morgan fingerprint density at radius 3 is 2.73 bits per heavy atom. The van der Waals surface area contributed by atoms with Crippen molar-refractivity contribution >= 4 is 40.4 Å². The SMILES string of the molecule is COc1cccc(NC(=O)CN(C)C(=O)C[NH+](C)Cc2ccc(Cl)s2)c1. The van der Waals surface area contributed by atoms with Gasteiger partial charge in [-0.1, -0.05) is 17.7 Å². The van der Waals surface area contributed by atoms with Crippen molar-refractivity contribution in [3.8, 4) is 5.75 Å². The molecule has 1 aromatic heterocycles. The fourth-order valence-electron chi connectivity index (χ4n) is 2.40. The van der Waals surface area contributed by atoms with Crippen LogP contribution in [-0.4, -0.2) is 51.0 Å². The van der Waals surface area contributed by atoms with Gasteiger partial charge in [-0.3, -0.25) is 9.59 Å². The highest BCUT2D eigenvalue weighted by molar-refractivity contribution is 7.16. The Balaban J connectivity index is 1.80. The zero-order chi connectivity index (χ0) is 19.1. The highest BCUT2D eigenvalue weighted by Crippen LogP contribution is 2.20. The first-order valence-electron chi connectivity index (χ1n) is 8.10. The molecule has 2 amide bonds. The first kappa shape index (κ1) is 20.2. The lowest BCUT2D eigenvalue weighted by Gasteiger charge is -2.19. The Kier molecular flexibility index (Phi) is 7.44. The third kappa shape index (κ3) is 6.33. The summed E-state index contributed by atoms with van der Waals surface area (Å²) < 4.78 is 5.86. The van der Waals surface area contributed by atoms with E-state index >= 15 is 0 Å². The minimum Gasteiger partial charge on any atom is -0.497 e. The number of hydrogen-bond acceptors (Lipinski definition) is 4. The van der Waals surface area contributed by atoms with Crippen molar-refractivity contribution in [3.63, 3.8) is 0 Å². The van der Waals surface area contributed by atoms with Gasteiger partial charge in [0, 0.05) is 18.8 Å². The first-order chi connectivity index (χ1) is 12.4. The second-order valence-electron chi connectivity index (χ2n) is 6.05. The molecule has 1 heterocycles. The number of rotatable bonds is 8. The average Bonchev–Trinajstić information content (AvgIpc) is 2.99. The number of quaternary nitrogens is 1. The summed E-state index contributed by atoms with van der Waals surface area (Å²) in [7, 11) is 5.13. The second kappa shape index (κ2) is 9.56. The van der Waals surface area contributed by atoms with Crippen LogP contribution in [0.4, 0.5) is 5.69 Å². The van der Waals surface area contributed by atoms with Gasteiger partial charge in [-0.25, -0.2) is 0 Å². The molecule has 140 valence electrons. The maximum absolute atomic E-state index is 12.3. The number of amides is 2. The summed E-state index contributed by atoms with van der Waals surface area (Å²) >= 11 is 7.44. The van der Waals surface area contributed by atoms with E-state index in [1.165, 1.54) is 16.2 Å². The Morgan fingerprint density at radius 1 is 1.31 bits per heavy atom. The molecule has 0 saturated heterocycles. The van der Waals surface area contributed by atoms with Crippen LogP contribution in [0.2, 0.25) is 4.34 Å². The largest absolute Gasteiger partial charge is 0.497 e. The summed E-state index contributed by atoms with van der Waals surface area (Å²) in [5, 5.41) is 2.77. The number of hydrogen-bond donors (Lipinski definition) is 2. The Bertz CT molecular complexity index is 766. The molecule has 2 aromatic rings. The summed E-state index contributed by atoms with van der Waals surface area (Å²) in [6, 6.07) is 10.9. The number of likely N-dealkylation sites (N-methyl/N-ethyl adjacent to an activating group) is 2. The quantitative estimate of drug-likeness (QED) is 0.711.